The third kappa shape index (κ3) is 3.50. The van der Waals surface area contributed by atoms with Gasteiger partial charge in [-0.3, -0.25) is 4.79 Å². The van der Waals surface area contributed by atoms with Crippen molar-refractivity contribution in [3.63, 3.8) is 0 Å². The highest BCUT2D eigenvalue weighted by atomic mass is 16.3. The van der Waals surface area contributed by atoms with Crippen LogP contribution in [0.1, 0.15) is 18.1 Å². The van der Waals surface area contributed by atoms with Crippen LogP contribution >= 0.6 is 0 Å². The van der Waals surface area contributed by atoms with Gasteiger partial charge in [0, 0.05) is 29.1 Å². The second-order valence-corrected chi connectivity index (χ2v) is 6.45. The van der Waals surface area contributed by atoms with Crippen molar-refractivity contribution < 1.29 is 9.90 Å². The van der Waals surface area contributed by atoms with Crippen LogP contribution in [-0.2, 0) is 4.79 Å². The van der Waals surface area contributed by atoms with E-state index in [1.54, 1.807) is 6.07 Å². The van der Waals surface area contributed by atoms with Crippen LogP contribution in [0.15, 0.2) is 83.9 Å². The van der Waals surface area contributed by atoms with E-state index in [1.807, 2.05) is 72.8 Å². The Morgan fingerprint density at radius 3 is 2.50 bits per heavy atom. The lowest BCUT2D eigenvalue weighted by Crippen LogP contribution is -2.05. The second kappa shape index (κ2) is 7.40. The summed E-state index contributed by atoms with van der Waals surface area (Å²) in [4.78, 5) is 19.2. The number of para-hydroxylation sites is 1. The van der Waals surface area contributed by atoms with Gasteiger partial charge in [-0.1, -0.05) is 54.6 Å². The molecular weight excluding hydrogens is 350 g/mol. The van der Waals surface area contributed by atoms with Crippen LogP contribution in [0.3, 0.4) is 0 Å². The van der Waals surface area contributed by atoms with Gasteiger partial charge in [-0.15, -0.1) is 0 Å². The van der Waals surface area contributed by atoms with Crippen molar-refractivity contribution in [1.82, 2.24) is 4.98 Å². The number of nitrogens with zero attached hydrogens (tertiary/aromatic N) is 1. The summed E-state index contributed by atoms with van der Waals surface area (Å²) in [5.41, 5.74) is 4.36. The Bertz CT molecular complexity index is 1180. The van der Waals surface area contributed by atoms with E-state index in [0.717, 1.165) is 16.5 Å². The van der Waals surface area contributed by atoms with E-state index in [4.69, 9.17) is 4.99 Å². The highest BCUT2D eigenvalue weighted by Gasteiger charge is 2.18. The third-order valence-electron chi connectivity index (χ3n) is 4.38. The SMILES string of the molecule is CC(=O)Nc1cccc(N=C(c2ccccc2)c2c(O)[nH]c3ccccc23)c1. The number of aliphatic imine (C=N–C) groups is 1. The average molecular weight is 369 g/mol. The average Bonchev–Trinajstić information content (AvgIpc) is 3.02. The third-order valence-corrected chi connectivity index (χ3v) is 4.38. The van der Waals surface area contributed by atoms with Gasteiger partial charge in [-0.05, 0) is 24.3 Å². The first kappa shape index (κ1) is 17.5. The second-order valence-electron chi connectivity index (χ2n) is 6.45. The summed E-state index contributed by atoms with van der Waals surface area (Å²) in [6, 6.07) is 24.7. The molecule has 3 N–H and O–H groups in total. The van der Waals surface area contributed by atoms with E-state index < -0.39 is 0 Å². The van der Waals surface area contributed by atoms with Crippen molar-refractivity contribution in [2.24, 2.45) is 4.99 Å². The molecule has 4 aromatic rings. The van der Waals surface area contributed by atoms with Gasteiger partial charge in [0.05, 0.1) is 17.0 Å². The Labute approximate surface area is 162 Å². The molecule has 5 nitrogen and oxygen atoms in total. The highest BCUT2D eigenvalue weighted by molar-refractivity contribution is 6.21. The van der Waals surface area contributed by atoms with Gasteiger partial charge in [0.1, 0.15) is 0 Å². The van der Waals surface area contributed by atoms with Gasteiger partial charge in [0.15, 0.2) is 5.88 Å². The first-order valence-electron chi connectivity index (χ1n) is 8.93. The number of rotatable bonds is 4. The topological polar surface area (TPSA) is 77.5 Å². The molecule has 0 unspecified atom stereocenters. The van der Waals surface area contributed by atoms with E-state index >= 15 is 0 Å². The van der Waals surface area contributed by atoms with Crippen molar-refractivity contribution in [3.8, 4) is 5.88 Å². The molecule has 0 saturated heterocycles. The number of anilines is 1. The standard InChI is InChI=1S/C23H19N3O2/c1-15(27)24-17-10-7-11-18(14-17)25-22(16-8-3-2-4-9-16)21-19-12-5-6-13-20(19)26-23(21)28/h2-14,26,28H,1H3,(H,24,27). The maximum atomic E-state index is 11.4. The van der Waals surface area contributed by atoms with Gasteiger partial charge >= 0.3 is 0 Å². The lowest BCUT2D eigenvalue weighted by Gasteiger charge is -2.09. The molecule has 4 rings (SSSR count). The number of aromatic hydroxyl groups is 1. The molecule has 3 aromatic carbocycles. The summed E-state index contributed by atoms with van der Waals surface area (Å²) < 4.78 is 0. The number of hydrogen-bond acceptors (Lipinski definition) is 3. The molecule has 1 heterocycles. The monoisotopic (exact) mass is 369 g/mol. The van der Waals surface area contributed by atoms with Crippen LogP contribution in [0.2, 0.25) is 0 Å². The minimum absolute atomic E-state index is 0.0711. The molecule has 0 atom stereocenters. The normalized spacial score (nSPS) is 11.5. The van der Waals surface area contributed by atoms with Gasteiger partial charge in [-0.25, -0.2) is 4.99 Å². The van der Waals surface area contributed by atoms with Crippen LogP contribution in [0.4, 0.5) is 11.4 Å². The fourth-order valence-electron chi connectivity index (χ4n) is 3.21. The predicted octanol–water partition coefficient (Wildman–Crippen LogP) is 5.00. The first-order chi connectivity index (χ1) is 13.6. The predicted molar refractivity (Wildman–Crippen MR) is 112 cm³/mol. The molecule has 0 aliphatic rings. The van der Waals surface area contributed by atoms with Crippen LogP contribution in [0.5, 0.6) is 5.88 Å². The number of nitrogens with one attached hydrogen (secondary N) is 2. The Balaban J connectivity index is 1.91. The van der Waals surface area contributed by atoms with Crippen molar-refractivity contribution in [1.29, 1.82) is 0 Å². The molecule has 0 aliphatic heterocycles. The Hall–Kier alpha value is -3.86. The highest BCUT2D eigenvalue weighted by Crippen LogP contribution is 2.31. The number of aromatic amines is 1. The molecule has 28 heavy (non-hydrogen) atoms. The minimum atomic E-state index is -0.140. The van der Waals surface area contributed by atoms with Crippen LogP contribution in [-0.4, -0.2) is 21.7 Å². The lowest BCUT2D eigenvalue weighted by molar-refractivity contribution is -0.114. The fraction of sp³-hybridized carbons (Fsp3) is 0.0435. The molecule has 138 valence electrons. The quantitative estimate of drug-likeness (QED) is 0.443. The molecule has 0 saturated carbocycles. The van der Waals surface area contributed by atoms with Gasteiger partial charge < -0.3 is 15.4 Å². The van der Waals surface area contributed by atoms with Gasteiger partial charge in [0.2, 0.25) is 5.91 Å². The maximum Gasteiger partial charge on any atom is 0.221 e. The summed E-state index contributed by atoms with van der Waals surface area (Å²) in [6.07, 6.45) is 0. The summed E-state index contributed by atoms with van der Waals surface area (Å²) >= 11 is 0. The number of carbonyl (C=O) groups excluding carboxylic acids is 1. The summed E-state index contributed by atoms with van der Waals surface area (Å²) in [7, 11) is 0. The van der Waals surface area contributed by atoms with Crippen molar-refractivity contribution in [3.05, 3.63) is 90.0 Å². The van der Waals surface area contributed by atoms with E-state index in [-0.39, 0.29) is 11.8 Å². The molecule has 0 radical (unpaired) electrons. The zero-order chi connectivity index (χ0) is 19.5. The lowest BCUT2D eigenvalue weighted by atomic mass is 10.0. The van der Waals surface area contributed by atoms with Crippen LogP contribution < -0.4 is 5.32 Å². The Morgan fingerprint density at radius 2 is 1.71 bits per heavy atom. The van der Waals surface area contributed by atoms with Crippen molar-refractivity contribution in [2.75, 3.05) is 5.32 Å². The smallest absolute Gasteiger partial charge is 0.221 e. The molecular formula is C23H19N3O2. The number of carbonyl (C=O) groups is 1. The van der Waals surface area contributed by atoms with Crippen LogP contribution in [0, 0.1) is 0 Å². The van der Waals surface area contributed by atoms with Gasteiger partial charge in [0.25, 0.3) is 0 Å². The zero-order valence-corrected chi connectivity index (χ0v) is 15.3. The summed E-state index contributed by atoms with van der Waals surface area (Å²) in [5, 5.41) is 14.3. The van der Waals surface area contributed by atoms with E-state index in [0.29, 0.717) is 22.6 Å². The molecule has 0 aliphatic carbocycles. The van der Waals surface area contributed by atoms with Crippen LogP contribution in [0.25, 0.3) is 10.9 Å². The number of benzene rings is 3. The summed E-state index contributed by atoms with van der Waals surface area (Å²) in [5.74, 6) is -0.0690. The zero-order valence-electron chi connectivity index (χ0n) is 15.3. The first-order valence-corrected chi connectivity index (χ1v) is 8.93. The Morgan fingerprint density at radius 1 is 0.964 bits per heavy atom. The number of fused-ring (bicyclic) bond motifs is 1. The largest absolute Gasteiger partial charge is 0.494 e. The van der Waals surface area contributed by atoms with Crippen molar-refractivity contribution >= 4 is 33.9 Å². The summed E-state index contributed by atoms with van der Waals surface area (Å²) in [6.45, 7) is 1.47. The molecule has 1 aromatic heterocycles. The maximum absolute atomic E-state index is 11.4. The van der Waals surface area contributed by atoms with E-state index in [2.05, 4.69) is 10.3 Å². The molecule has 0 spiro atoms. The van der Waals surface area contributed by atoms with E-state index in [1.165, 1.54) is 6.92 Å². The Kier molecular flexibility index (Phi) is 4.64. The number of amides is 1. The molecule has 5 heteroatoms. The number of aromatic nitrogens is 1. The fourth-order valence-corrected chi connectivity index (χ4v) is 3.21. The van der Waals surface area contributed by atoms with Crippen molar-refractivity contribution in [2.45, 2.75) is 6.92 Å². The number of H-pyrrole nitrogens is 1. The number of hydrogen-bond donors (Lipinski definition) is 3. The minimum Gasteiger partial charge on any atom is -0.494 e. The van der Waals surface area contributed by atoms with Gasteiger partial charge in [-0.2, -0.15) is 0 Å². The molecule has 0 bridgehead atoms. The molecule has 0 fully saturated rings. The molecule has 1 amide bonds. The van der Waals surface area contributed by atoms with E-state index in [9.17, 15) is 9.90 Å².